The van der Waals surface area contributed by atoms with Crippen LogP contribution in [0.4, 0.5) is 10.1 Å². The molecular weight excluding hydrogens is 449 g/mol. The summed E-state index contributed by atoms with van der Waals surface area (Å²) < 4.78 is 65.1. The zero-order chi connectivity index (χ0) is 22.8. The molecule has 3 rings (SSSR count). The van der Waals surface area contributed by atoms with Gasteiger partial charge in [-0.25, -0.2) is 25.2 Å². The van der Waals surface area contributed by atoms with Crippen LogP contribution in [0, 0.1) is 27.3 Å². The van der Waals surface area contributed by atoms with E-state index in [1.165, 1.54) is 24.3 Å². The molecular formula is C19H12FN3O6S2. The van der Waals surface area contributed by atoms with E-state index in [1.54, 1.807) is 0 Å². The highest BCUT2D eigenvalue weighted by atomic mass is 32.2. The fourth-order valence-electron chi connectivity index (χ4n) is 2.63. The summed E-state index contributed by atoms with van der Waals surface area (Å²) in [6.07, 6.45) is 1.97. The second kappa shape index (κ2) is 8.13. The second-order valence-corrected chi connectivity index (χ2v) is 9.80. The zero-order valence-corrected chi connectivity index (χ0v) is 17.0. The molecule has 0 aliphatic carbocycles. The van der Waals surface area contributed by atoms with Gasteiger partial charge in [0.15, 0.2) is 4.91 Å². The van der Waals surface area contributed by atoms with E-state index in [9.17, 15) is 36.6 Å². The van der Waals surface area contributed by atoms with Crippen LogP contribution in [-0.4, -0.2) is 25.7 Å². The molecule has 0 bridgehead atoms. The Morgan fingerprint density at radius 2 is 1.71 bits per heavy atom. The lowest BCUT2D eigenvalue weighted by Gasteiger charge is -2.09. The van der Waals surface area contributed by atoms with E-state index in [0.717, 1.165) is 54.7 Å². The maximum Gasteiger partial charge on any atom is 0.270 e. The first kappa shape index (κ1) is 21.9. The topological polar surface area (TPSA) is 140 Å². The van der Waals surface area contributed by atoms with Gasteiger partial charge in [-0.3, -0.25) is 10.1 Å². The van der Waals surface area contributed by atoms with Gasteiger partial charge >= 0.3 is 0 Å². The standard InChI is InChI=1S/C19H12FN3O6S2/c20-14-6-8-17(9-7-14)30(26,27)19(13-21)11-15-4-2-10-22(15)31(28,29)18-5-1-3-16(12-18)23(24)25/h1-12H/b19-11-. The highest BCUT2D eigenvalue weighted by Gasteiger charge is 2.24. The lowest BCUT2D eigenvalue weighted by atomic mass is 10.3. The summed E-state index contributed by atoms with van der Waals surface area (Å²) in [5.41, 5.74) is -0.615. The molecule has 0 unspecified atom stereocenters. The summed E-state index contributed by atoms with van der Waals surface area (Å²) >= 11 is 0. The normalized spacial score (nSPS) is 12.3. The molecule has 0 saturated carbocycles. The number of nitriles is 1. The number of hydrogen-bond acceptors (Lipinski definition) is 7. The molecule has 1 aromatic heterocycles. The van der Waals surface area contributed by atoms with Crippen molar-refractivity contribution in [3.63, 3.8) is 0 Å². The van der Waals surface area contributed by atoms with Crippen molar-refractivity contribution in [3.05, 3.63) is 93.4 Å². The lowest BCUT2D eigenvalue weighted by Crippen LogP contribution is -2.14. The molecule has 0 saturated heterocycles. The van der Waals surface area contributed by atoms with Crippen LogP contribution in [-0.2, 0) is 19.9 Å². The molecule has 0 radical (unpaired) electrons. The molecule has 0 amide bonds. The van der Waals surface area contributed by atoms with Crippen LogP contribution in [0.1, 0.15) is 5.69 Å². The molecule has 3 aromatic rings. The Kier molecular flexibility index (Phi) is 5.74. The largest absolute Gasteiger partial charge is 0.270 e. The van der Waals surface area contributed by atoms with Gasteiger partial charge in [0.05, 0.1) is 20.4 Å². The Hall–Kier alpha value is -3.82. The number of halogens is 1. The second-order valence-electron chi connectivity index (χ2n) is 6.07. The number of nitro groups is 1. The molecule has 0 aliphatic heterocycles. The van der Waals surface area contributed by atoms with E-state index in [2.05, 4.69) is 0 Å². The summed E-state index contributed by atoms with van der Waals surface area (Å²) in [5, 5.41) is 20.3. The van der Waals surface area contributed by atoms with Gasteiger partial charge in [0.1, 0.15) is 11.9 Å². The van der Waals surface area contributed by atoms with Crippen molar-refractivity contribution in [2.75, 3.05) is 0 Å². The minimum Gasteiger partial charge on any atom is -0.258 e. The van der Waals surface area contributed by atoms with Crippen molar-refractivity contribution >= 4 is 31.6 Å². The van der Waals surface area contributed by atoms with Crippen LogP contribution < -0.4 is 0 Å². The molecule has 0 spiro atoms. The minimum absolute atomic E-state index is 0.172. The number of sulfone groups is 1. The Labute approximate surface area is 176 Å². The molecule has 0 fully saturated rings. The summed E-state index contributed by atoms with van der Waals surface area (Å²) in [7, 11) is -8.69. The van der Waals surface area contributed by atoms with Gasteiger partial charge in [-0.2, -0.15) is 5.26 Å². The molecule has 9 nitrogen and oxygen atoms in total. The number of benzene rings is 2. The van der Waals surface area contributed by atoms with Crippen LogP contribution in [0.2, 0.25) is 0 Å². The van der Waals surface area contributed by atoms with Crippen molar-refractivity contribution in [2.24, 2.45) is 0 Å². The van der Waals surface area contributed by atoms with Gasteiger partial charge in [-0.15, -0.1) is 0 Å². The number of nitrogens with zero attached hydrogens (tertiary/aromatic N) is 3. The summed E-state index contributed by atoms with van der Waals surface area (Å²) in [5.74, 6) is -0.668. The summed E-state index contributed by atoms with van der Waals surface area (Å²) in [6, 6.07) is 12.2. The number of nitro benzene ring substituents is 1. The van der Waals surface area contributed by atoms with E-state index >= 15 is 0 Å². The SMILES string of the molecule is N#C/C(=C/c1cccn1S(=O)(=O)c1cccc([N+](=O)[O-])c1)S(=O)(=O)c1ccc(F)cc1. The van der Waals surface area contributed by atoms with Gasteiger partial charge < -0.3 is 0 Å². The molecule has 2 aromatic carbocycles. The first-order valence-electron chi connectivity index (χ1n) is 8.37. The Morgan fingerprint density at radius 1 is 1.03 bits per heavy atom. The minimum atomic E-state index is -4.35. The van der Waals surface area contributed by atoms with Crippen molar-refractivity contribution in [1.29, 1.82) is 5.26 Å². The number of aromatic nitrogens is 1. The van der Waals surface area contributed by atoms with Crippen LogP contribution in [0.15, 0.2) is 81.6 Å². The predicted molar refractivity (Wildman–Crippen MR) is 107 cm³/mol. The third kappa shape index (κ3) is 4.23. The average Bonchev–Trinajstić information content (AvgIpc) is 3.21. The number of hydrogen-bond donors (Lipinski definition) is 0. The van der Waals surface area contributed by atoms with Gasteiger partial charge in [0.25, 0.3) is 15.7 Å². The van der Waals surface area contributed by atoms with Crippen molar-refractivity contribution in [1.82, 2.24) is 3.97 Å². The molecule has 1 heterocycles. The van der Waals surface area contributed by atoms with Crippen LogP contribution >= 0.6 is 0 Å². The van der Waals surface area contributed by atoms with Crippen molar-refractivity contribution in [2.45, 2.75) is 9.79 Å². The summed E-state index contributed by atoms with van der Waals surface area (Å²) in [6.45, 7) is 0. The predicted octanol–water partition coefficient (Wildman–Crippen LogP) is 3.11. The van der Waals surface area contributed by atoms with E-state index < -0.39 is 46.1 Å². The van der Waals surface area contributed by atoms with Gasteiger partial charge in [0.2, 0.25) is 9.84 Å². The fraction of sp³-hybridized carbons (Fsp3) is 0. The van der Waals surface area contributed by atoms with E-state index in [-0.39, 0.29) is 10.6 Å². The van der Waals surface area contributed by atoms with Gasteiger partial charge in [0, 0.05) is 18.3 Å². The average molecular weight is 461 g/mol. The third-order valence-electron chi connectivity index (χ3n) is 4.13. The Bertz CT molecular complexity index is 1450. The molecule has 0 aliphatic rings. The first-order valence-corrected chi connectivity index (χ1v) is 11.3. The van der Waals surface area contributed by atoms with Gasteiger partial charge in [-0.05, 0) is 48.5 Å². The molecule has 31 heavy (non-hydrogen) atoms. The first-order chi connectivity index (χ1) is 14.6. The van der Waals surface area contributed by atoms with Crippen LogP contribution in [0.5, 0.6) is 0 Å². The Balaban J connectivity index is 2.11. The van der Waals surface area contributed by atoms with Crippen molar-refractivity contribution < 1.29 is 26.1 Å². The maximum absolute atomic E-state index is 13.1. The quantitative estimate of drug-likeness (QED) is 0.238. The van der Waals surface area contributed by atoms with E-state index in [4.69, 9.17) is 0 Å². The van der Waals surface area contributed by atoms with Gasteiger partial charge in [-0.1, -0.05) is 6.07 Å². The van der Waals surface area contributed by atoms with Crippen molar-refractivity contribution in [3.8, 4) is 6.07 Å². The zero-order valence-electron chi connectivity index (χ0n) is 15.4. The number of non-ortho nitro benzene ring substituents is 1. The van der Waals surface area contributed by atoms with E-state index in [1.807, 2.05) is 0 Å². The monoisotopic (exact) mass is 461 g/mol. The van der Waals surface area contributed by atoms with Crippen LogP contribution in [0.3, 0.4) is 0 Å². The van der Waals surface area contributed by atoms with Crippen LogP contribution in [0.25, 0.3) is 6.08 Å². The number of rotatable bonds is 6. The maximum atomic E-state index is 13.1. The molecule has 158 valence electrons. The summed E-state index contributed by atoms with van der Waals surface area (Å²) in [4.78, 5) is 8.69. The fourth-order valence-corrected chi connectivity index (χ4v) is 5.14. The van der Waals surface area contributed by atoms with E-state index in [0.29, 0.717) is 3.97 Å². The highest BCUT2D eigenvalue weighted by molar-refractivity contribution is 7.95. The molecule has 0 atom stereocenters. The lowest BCUT2D eigenvalue weighted by molar-refractivity contribution is -0.385. The Morgan fingerprint density at radius 3 is 2.32 bits per heavy atom. The number of allylic oxidation sites excluding steroid dienone is 1. The highest BCUT2D eigenvalue weighted by Crippen LogP contribution is 2.25. The molecule has 12 heteroatoms. The third-order valence-corrected chi connectivity index (χ3v) is 7.51. The smallest absolute Gasteiger partial charge is 0.258 e. The molecule has 0 N–H and O–H groups in total.